The first-order valence-corrected chi connectivity index (χ1v) is 8.15. The van der Waals surface area contributed by atoms with Gasteiger partial charge in [-0.25, -0.2) is 9.37 Å². The Bertz CT molecular complexity index is 893. The van der Waals surface area contributed by atoms with E-state index in [1.54, 1.807) is 18.2 Å². The zero-order chi connectivity index (χ0) is 17.8. The smallest absolute Gasteiger partial charge is 0.257 e. The van der Waals surface area contributed by atoms with Gasteiger partial charge in [-0.3, -0.25) is 4.79 Å². The van der Waals surface area contributed by atoms with Crippen LogP contribution in [0, 0.1) is 5.82 Å². The summed E-state index contributed by atoms with van der Waals surface area (Å²) in [7, 11) is 0. The molecule has 3 aromatic rings. The van der Waals surface area contributed by atoms with Crippen molar-refractivity contribution in [2.24, 2.45) is 0 Å². The topological polar surface area (TPSA) is 103 Å². The number of anilines is 2. The molecular formula is C17H15FN4O2S. The molecule has 0 atom stereocenters. The van der Waals surface area contributed by atoms with E-state index in [9.17, 15) is 9.18 Å². The molecule has 25 heavy (non-hydrogen) atoms. The predicted octanol–water partition coefficient (Wildman–Crippen LogP) is 3.17. The number of amides is 1. The standard InChI is InChI=1S/C17H15FN4O2S/c18-10-2-1-3-11(8-10)24-14-5-4-12(25-14)9-22-17(23)15-13(19)6-7-21-16(15)20/h1-8H,9H2,(H,22,23)(H4,19,20,21). The van der Waals surface area contributed by atoms with Gasteiger partial charge >= 0.3 is 0 Å². The fraction of sp³-hybridized carbons (Fsp3) is 0.0588. The molecular weight excluding hydrogens is 343 g/mol. The van der Waals surface area contributed by atoms with Crippen molar-refractivity contribution in [3.8, 4) is 10.8 Å². The van der Waals surface area contributed by atoms with Gasteiger partial charge in [0.25, 0.3) is 5.91 Å². The van der Waals surface area contributed by atoms with Gasteiger partial charge in [0.2, 0.25) is 0 Å². The normalized spacial score (nSPS) is 10.4. The molecule has 6 nitrogen and oxygen atoms in total. The quantitative estimate of drug-likeness (QED) is 0.650. The highest BCUT2D eigenvalue weighted by atomic mass is 32.1. The summed E-state index contributed by atoms with van der Waals surface area (Å²) < 4.78 is 18.7. The van der Waals surface area contributed by atoms with Gasteiger partial charge in [-0.15, -0.1) is 11.3 Å². The van der Waals surface area contributed by atoms with E-state index in [2.05, 4.69) is 10.3 Å². The lowest BCUT2D eigenvalue weighted by atomic mass is 10.2. The average molecular weight is 358 g/mol. The minimum Gasteiger partial charge on any atom is -0.447 e. The van der Waals surface area contributed by atoms with Crippen molar-refractivity contribution in [1.29, 1.82) is 0 Å². The molecule has 0 unspecified atom stereocenters. The molecule has 1 aromatic carbocycles. The second-order valence-corrected chi connectivity index (χ2v) is 6.25. The third kappa shape index (κ3) is 4.04. The van der Waals surface area contributed by atoms with Gasteiger partial charge in [-0.05, 0) is 30.3 Å². The molecule has 0 saturated carbocycles. The van der Waals surface area contributed by atoms with Gasteiger partial charge in [-0.1, -0.05) is 6.07 Å². The molecule has 128 valence electrons. The molecule has 2 aromatic heterocycles. The third-order valence-corrected chi connectivity index (χ3v) is 4.28. The van der Waals surface area contributed by atoms with Crippen LogP contribution in [0.2, 0.25) is 0 Å². The molecule has 0 spiro atoms. The van der Waals surface area contributed by atoms with Crippen LogP contribution in [0.1, 0.15) is 15.2 Å². The first kappa shape index (κ1) is 16.7. The molecule has 0 saturated heterocycles. The van der Waals surface area contributed by atoms with Crippen molar-refractivity contribution in [2.45, 2.75) is 6.54 Å². The Balaban J connectivity index is 1.63. The number of halogens is 1. The third-order valence-electron chi connectivity index (χ3n) is 3.31. The number of thiophene rings is 1. The summed E-state index contributed by atoms with van der Waals surface area (Å²) in [6, 6.07) is 11.0. The first-order valence-electron chi connectivity index (χ1n) is 7.33. The van der Waals surface area contributed by atoms with Crippen molar-refractivity contribution in [3.63, 3.8) is 0 Å². The largest absolute Gasteiger partial charge is 0.447 e. The van der Waals surface area contributed by atoms with Crippen LogP contribution >= 0.6 is 11.3 Å². The lowest BCUT2D eigenvalue weighted by Gasteiger charge is -2.08. The van der Waals surface area contributed by atoms with E-state index in [4.69, 9.17) is 16.2 Å². The highest BCUT2D eigenvalue weighted by molar-refractivity contribution is 7.13. The minimum atomic E-state index is -0.399. The fourth-order valence-electron chi connectivity index (χ4n) is 2.15. The number of nitrogens with two attached hydrogens (primary N) is 2. The maximum atomic E-state index is 13.2. The summed E-state index contributed by atoms with van der Waals surface area (Å²) >= 11 is 1.34. The van der Waals surface area contributed by atoms with Crippen LogP contribution in [0.4, 0.5) is 15.9 Å². The number of pyridine rings is 1. The number of hydrogen-bond donors (Lipinski definition) is 3. The highest BCUT2D eigenvalue weighted by Gasteiger charge is 2.14. The lowest BCUT2D eigenvalue weighted by Crippen LogP contribution is -2.24. The fourth-order valence-corrected chi connectivity index (χ4v) is 2.96. The van der Waals surface area contributed by atoms with Crippen LogP contribution in [0.25, 0.3) is 0 Å². The van der Waals surface area contributed by atoms with E-state index in [1.165, 1.54) is 35.7 Å². The predicted molar refractivity (Wildman–Crippen MR) is 95.0 cm³/mol. The zero-order valence-corrected chi connectivity index (χ0v) is 13.8. The molecule has 0 aliphatic heterocycles. The van der Waals surface area contributed by atoms with E-state index in [0.717, 1.165) is 4.88 Å². The van der Waals surface area contributed by atoms with E-state index in [-0.39, 0.29) is 29.4 Å². The Morgan fingerprint density at radius 2 is 2.08 bits per heavy atom. The highest BCUT2D eigenvalue weighted by Crippen LogP contribution is 2.29. The summed E-state index contributed by atoms with van der Waals surface area (Å²) in [5.41, 5.74) is 11.9. The van der Waals surface area contributed by atoms with Gasteiger partial charge in [0, 0.05) is 22.8 Å². The van der Waals surface area contributed by atoms with Crippen LogP contribution in [-0.4, -0.2) is 10.9 Å². The van der Waals surface area contributed by atoms with E-state index in [1.807, 2.05) is 6.07 Å². The van der Waals surface area contributed by atoms with Crippen molar-refractivity contribution >= 4 is 28.7 Å². The second-order valence-electron chi connectivity index (χ2n) is 5.12. The molecule has 0 bridgehead atoms. The number of carbonyl (C=O) groups is 1. The number of nitrogens with zero attached hydrogens (tertiary/aromatic N) is 1. The minimum absolute atomic E-state index is 0.0822. The number of rotatable bonds is 5. The summed E-state index contributed by atoms with van der Waals surface area (Å²) in [4.78, 5) is 16.9. The molecule has 0 radical (unpaired) electrons. The van der Waals surface area contributed by atoms with E-state index in [0.29, 0.717) is 10.8 Å². The maximum absolute atomic E-state index is 13.2. The molecule has 2 heterocycles. The summed E-state index contributed by atoms with van der Waals surface area (Å²) in [6.45, 7) is 0.282. The number of ether oxygens (including phenoxy) is 1. The Labute approximate surface area is 147 Å². The van der Waals surface area contributed by atoms with Crippen LogP contribution in [0.3, 0.4) is 0 Å². The van der Waals surface area contributed by atoms with Gasteiger partial charge in [-0.2, -0.15) is 0 Å². The van der Waals surface area contributed by atoms with Crippen molar-refractivity contribution in [3.05, 3.63) is 64.9 Å². The zero-order valence-electron chi connectivity index (χ0n) is 13.0. The van der Waals surface area contributed by atoms with Crippen molar-refractivity contribution in [1.82, 2.24) is 10.3 Å². The number of benzene rings is 1. The molecule has 1 amide bonds. The summed E-state index contributed by atoms with van der Waals surface area (Å²) in [6.07, 6.45) is 1.44. The monoisotopic (exact) mass is 358 g/mol. The molecule has 3 rings (SSSR count). The van der Waals surface area contributed by atoms with Crippen LogP contribution < -0.4 is 21.5 Å². The number of nitrogen functional groups attached to an aromatic ring is 2. The van der Waals surface area contributed by atoms with Gasteiger partial charge in [0.15, 0.2) is 5.06 Å². The number of aromatic nitrogens is 1. The van der Waals surface area contributed by atoms with Gasteiger partial charge in [0.1, 0.15) is 22.9 Å². The molecule has 5 N–H and O–H groups in total. The Kier molecular flexibility index (Phi) is 4.80. The Morgan fingerprint density at radius 3 is 2.84 bits per heavy atom. The summed E-state index contributed by atoms with van der Waals surface area (Å²) in [5.74, 6) is -0.274. The molecule has 0 aliphatic carbocycles. The number of nitrogens with one attached hydrogen (secondary N) is 1. The molecule has 0 aliphatic rings. The average Bonchev–Trinajstić information content (AvgIpc) is 3.00. The second kappa shape index (κ2) is 7.18. The van der Waals surface area contributed by atoms with Crippen LogP contribution in [0.5, 0.6) is 10.8 Å². The van der Waals surface area contributed by atoms with Crippen molar-refractivity contribution < 1.29 is 13.9 Å². The number of hydrogen-bond acceptors (Lipinski definition) is 6. The Hall–Kier alpha value is -3.13. The lowest BCUT2D eigenvalue weighted by molar-refractivity contribution is 0.0953. The molecule has 0 fully saturated rings. The van der Waals surface area contributed by atoms with E-state index >= 15 is 0 Å². The summed E-state index contributed by atoms with van der Waals surface area (Å²) in [5, 5.41) is 3.33. The SMILES string of the molecule is Nc1ccnc(N)c1C(=O)NCc1ccc(Oc2cccc(F)c2)s1. The maximum Gasteiger partial charge on any atom is 0.257 e. The van der Waals surface area contributed by atoms with Gasteiger partial charge < -0.3 is 21.5 Å². The Morgan fingerprint density at radius 1 is 1.24 bits per heavy atom. The van der Waals surface area contributed by atoms with E-state index < -0.39 is 5.91 Å². The van der Waals surface area contributed by atoms with Gasteiger partial charge in [0.05, 0.1) is 6.54 Å². The van der Waals surface area contributed by atoms with Crippen LogP contribution in [-0.2, 0) is 6.54 Å². The first-order chi connectivity index (χ1) is 12.0. The van der Waals surface area contributed by atoms with Crippen LogP contribution in [0.15, 0.2) is 48.7 Å². The van der Waals surface area contributed by atoms with Crippen molar-refractivity contribution in [2.75, 3.05) is 11.5 Å². The molecule has 8 heteroatoms. The number of carbonyl (C=O) groups excluding carboxylic acids is 1.